The molecule has 9 rings (SSSR count). The maximum Gasteiger partial charge on any atom is 0.407 e. The number of aliphatic hydroxyl groups is 4. The van der Waals surface area contributed by atoms with Gasteiger partial charge in [0.2, 0.25) is 11.3 Å². The molecule has 83 heavy (non-hydrogen) atoms. The van der Waals surface area contributed by atoms with Crippen LogP contribution < -0.4 is 5.32 Å². The van der Waals surface area contributed by atoms with Crippen LogP contribution in [0.25, 0.3) is 0 Å². The average molecular weight is 1170 g/mol. The van der Waals surface area contributed by atoms with Gasteiger partial charge in [0.1, 0.15) is 35.7 Å². The number of alkyl carbamates (subject to hydrolysis) is 1. The fourth-order valence-corrected chi connectivity index (χ4v) is 15.7. The summed E-state index contributed by atoms with van der Waals surface area (Å²) < 4.78 is 68.1. The summed E-state index contributed by atoms with van der Waals surface area (Å²) in [6.07, 6.45) is -2.63. The summed E-state index contributed by atoms with van der Waals surface area (Å²) in [7, 11) is 2.69. The van der Waals surface area contributed by atoms with Crippen molar-refractivity contribution < 1.29 is 91.8 Å². The molecule has 0 aromatic heterocycles. The Balaban J connectivity index is 1.00. The van der Waals surface area contributed by atoms with Crippen LogP contribution in [0.15, 0.2) is 58.4 Å². The number of fused-ring (bicyclic) bond motifs is 4. The van der Waals surface area contributed by atoms with E-state index < -0.39 is 167 Å². The largest absolute Gasteiger partial charge is 0.511 e. The van der Waals surface area contributed by atoms with Crippen LogP contribution in [-0.4, -0.2) is 173 Å². The first-order chi connectivity index (χ1) is 39.1. The molecular formula is C61H90N2O20. The zero-order valence-corrected chi connectivity index (χ0v) is 50.5. The van der Waals surface area contributed by atoms with Crippen molar-refractivity contribution in [2.45, 2.75) is 244 Å². The predicted octanol–water partition coefficient (Wildman–Crippen LogP) is 6.60. The molecule has 1 saturated carbocycles. The number of aliphatic hydroxyl groups excluding tert-OH is 4. The number of amides is 1. The molecule has 5 aliphatic heterocycles. The number of methoxy groups -OCH3 is 2. The number of nitro groups is 1. The number of allylic oxidation sites excluding steroid dienone is 4. The number of hydrogen-bond acceptors (Lipinski definition) is 20. The number of ether oxygens (including phenoxy) is 11. The highest BCUT2D eigenvalue weighted by Gasteiger charge is 2.64. The van der Waals surface area contributed by atoms with Gasteiger partial charge in [0.15, 0.2) is 30.8 Å². The molecular weight excluding hydrogens is 1080 g/mol. The summed E-state index contributed by atoms with van der Waals surface area (Å²) in [6.45, 7) is 22.2. The van der Waals surface area contributed by atoms with E-state index in [1.165, 1.54) is 21.1 Å². The standard InChI is InChI=1S/C61H90N2O20/c1-27-15-18-42(79-47-26-59(11,63(71)72)54(36(10)78-47)62-58(70)74-14)29(3)21-37-20-28(2)32(6)25-61(37)56(68)48(57(69)83-61)55(67)60(12)39(27)17-16-38-49(60)30(4)19-31(5)51(38)81-46-24-43(50(66)33(7)75-46)80-44-23-41(65)53(35(9)77-44)82-45-22-40(64)52(73-13)34(8)76-45/h15-17,20-21,30-47,49-54,64-67H,18-19,22-26H2,1-14H3,(H,62,70)/b27-15+,29-21?,55-48?/t30-,31-,32+,33-,34-,35-,36+,37-,38-,39-,40+,41+,42-,43+,44-,45+,46-,47-,49+,50-,51-,52-,53-,54-,59-,60+,61-/m0/s1. The van der Waals surface area contributed by atoms with Crippen LogP contribution in [0.5, 0.6) is 0 Å². The molecule has 464 valence electrons. The number of esters is 1. The van der Waals surface area contributed by atoms with E-state index in [2.05, 4.69) is 25.2 Å². The smallest absolute Gasteiger partial charge is 0.407 e. The van der Waals surface area contributed by atoms with Crippen LogP contribution in [-0.2, 0) is 61.7 Å². The van der Waals surface area contributed by atoms with Gasteiger partial charge in [-0.3, -0.25) is 14.9 Å². The van der Waals surface area contributed by atoms with Gasteiger partial charge >= 0.3 is 12.1 Å². The third-order valence-corrected chi connectivity index (χ3v) is 20.3. The molecule has 0 unspecified atom stereocenters. The molecule has 1 amide bonds. The van der Waals surface area contributed by atoms with E-state index in [0.29, 0.717) is 12.0 Å². The minimum atomic E-state index is -1.73. The first-order valence-electron chi connectivity index (χ1n) is 29.8. The van der Waals surface area contributed by atoms with Crippen LogP contribution in [0.4, 0.5) is 4.79 Å². The molecule has 5 N–H and O–H groups in total. The van der Waals surface area contributed by atoms with Crippen LogP contribution in [0, 0.1) is 57.0 Å². The maximum atomic E-state index is 15.5. The fourth-order valence-electron chi connectivity index (χ4n) is 15.7. The van der Waals surface area contributed by atoms with Gasteiger partial charge in [-0.05, 0) is 90.6 Å². The topological polar surface area (TPSA) is 289 Å². The van der Waals surface area contributed by atoms with Crippen molar-refractivity contribution in [3.8, 4) is 0 Å². The zero-order valence-electron chi connectivity index (χ0n) is 50.5. The number of ketones is 1. The second-order valence-electron chi connectivity index (χ2n) is 26.0. The van der Waals surface area contributed by atoms with Crippen molar-refractivity contribution in [2.24, 2.45) is 46.8 Å². The summed E-state index contributed by atoms with van der Waals surface area (Å²) >= 11 is 0. The zero-order chi connectivity index (χ0) is 60.5. The van der Waals surface area contributed by atoms with Crippen molar-refractivity contribution in [2.75, 3.05) is 14.2 Å². The molecule has 5 heterocycles. The molecule has 22 heteroatoms. The lowest BCUT2D eigenvalue weighted by Crippen LogP contribution is -2.65. The number of rotatable bonds is 11. The number of Topliss-reactive ketones (excluding diaryl/α,β-unsaturated/α-hetero) is 1. The first-order valence-corrected chi connectivity index (χ1v) is 29.8. The van der Waals surface area contributed by atoms with Crippen LogP contribution in [0.2, 0.25) is 0 Å². The minimum Gasteiger partial charge on any atom is -0.511 e. The lowest BCUT2D eigenvalue weighted by molar-refractivity contribution is -0.584. The number of nitrogens with zero attached hydrogens (tertiary/aromatic N) is 1. The van der Waals surface area contributed by atoms with Gasteiger partial charge in [0, 0.05) is 67.8 Å². The second-order valence-corrected chi connectivity index (χ2v) is 26.0. The number of carbonyl (C=O) groups is 3. The van der Waals surface area contributed by atoms with E-state index in [9.17, 15) is 40.1 Å². The Labute approximate surface area is 486 Å². The van der Waals surface area contributed by atoms with Crippen LogP contribution in [0.1, 0.15) is 128 Å². The third kappa shape index (κ3) is 11.8. The molecule has 4 aliphatic carbocycles. The van der Waals surface area contributed by atoms with E-state index in [1.807, 2.05) is 58.9 Å². The van der Waals surface area contributed by atoms with Crippen molar-refractivity contribution in [3.05, 3.63) is 68.5 Å². The van der Waals surface area contributed by atoms with Crippen molar-refractivity contribution >= 4 is 17.8 Å². The van der Waals surface area contributed by atoms with E-state index >= 15 is 4.79 Å². The Morgan fingerprint density at radius 3 is 1.96 bits per heavy atom. The lowest BCUT2D eigenvalue weighted by atomic mass is 9.49. The van der Waals surface area contributed by atoms with E-state index in [4.69, 9.17) is 52.1 Å². The Morgan fingerprint density at radius 2 is 1.33 bits per heavy atom. The SMILES string of the molecule is COC(=O)N[C@H]1[C@@H](C)O[C@@H](O[C@H]2C/C=C(\C)[C@@H]3C=C[C@@H]4[C@@H](O[C@H]5C[C@@H](O[C@H]6C[C@@H](O)[C@@H](O[C@@H]7C[C@@H](O)[C@@H](OC)[C@H](C)O7)[C@H](C)O6)[C@@H](O)[C@H](C)O5)[C@@H](C)C[C@H](C)[C@H]4[C@]3(C)C(O)=C3C(=O)O[C@]4(C[C@@H](C)C(C)=C[C@H]4C=C2C)C3=O)C[C@]1(C)[N+](=O)[O-]. The van der Waals surface area contributed by atoms with Crippen LogP contribution >= 0.6 is 0 Å². The quantitative estimate of drug-likeness (QED) is 0.0479. The van der Waals surface area contributed by atoms with Gasteiger partial charge in [0.05, 0.1) is 68.5 Å². The monoisotopic (exact) mass is 1170 g/mol. The second kappa shape index (κ2) is 24.5. The van der Waals surface area contributed by atoms with Gasteiger partial charge in [-0.15, -0.1) is 0 Å². The molecule has 27 atom stereocenters. The van der Waals surface area contributed by atoms with Gasteiger partial charge in [-0.25, -0.2) is 9.59 Å². The Kier molecular flexibility index (Phi) is 18.7. The third-order valence-electron chi connectivity index (χ3n) is 20.3. The summed E-state index contributed by atoms with van der Waals surface area (Å²) in [5.74, 6) is -4.38. The molecule has 2 bridgehead atoms. The van der Waals surface area contributed by atoms with Gasteiger partial charge in [0.25, 0.3) is 0 Å². The Hall–Kier alpha value is -4.17. The first kappa shape index (κ1) is 63.3. The normalized spacial score (nSPS) is 48.3. The molecule has 0 radical (unpaired) electrons. The van der Waals surface area contributed by atoms with Gasteiger partial charge in [-0.1, -0.05) is 69.2 Å². The number of carbonyl (C=O) groups excluding carboxylic acids is 3. The highest BCUT2D eigenvalue weighted by atomic mass is 16.7. The number of nitrogens with one attached hydrogen (secondary N) is 1. The predicted molar refractivity (Wildman–Crippen MR) is 296 cm³/mol. The molecule has 6 fully saturated rings. The fraction of sp³-hybridized carbons (Fsp3) is 0.787. The molecule has 1 spiro atoms. The van der Waals surface area contributed by atoms with Gasteiger partial charge in [-0.2, -0.15) is 0 Å². The van der Waals surface area contributed by atoms with E-state index in [-0.39, 0.29) is 67.6 Å². The van der Waals surface area contributed by atoms with E-state index in [0.717, 1.165) is 11.1 Å². The van der Waals surface area contributed by atoms with Crippen LogP contribution in [0.3, 0.4) is 0 Å². The molecule has 0 aromatic carbocycles. The Bertz CT molecular complexity index is 2580. The molecule has 9 aliphatic rings. The van der Waals surface area contributed by atoms with Crippen molar-refractivity contribution in [3.63, 3.8) is 0 Å². The van der Waals surface area contributed by atoms with E-state index in [1.54, 1.807) is 27.7 Å². The molecule has 22 nitrogen and oxygen atoms in total. The van der Waals surface area contributed by atoms with Gasteiger partial charge < -0.3 is 77.8 Å². The summed E-state index contributed by atoms with van der Waals surface area (Å²) in [6, 6.07) is -1.06. The summed E-state index contributed by atoms with van der Waals surface area (Å²) in [5.41, 5.74) is -2.67. The summed E-state index contributed by atoms with van der Waals surface area (Å²) in [4.78, 5) is 55.1. The lowest BCUT2D eigenvalue weighted by Gasteiger charge is -2.56. The highest BCUT2D eigenvalue weighted by Crippen LogP contribution is 2.61. The Morgan fingerprint density at radius 1 is 0.723 bits per heavy atom. The van der Waals surface area contributed by atoms with Crippen molar-refractivity contribution in [1.82, 2.24) is 5.32 Å². The highest BCUT2D eigenvalue weighted by molar-refractivity contribution is 6.26. The number of hydrogen-bond donors (Lipinski definition) is 5. The summed E-state index contributed by atoms with van der Waals surface area (Å²) in [5, 5.41) is 62.3. The molecule has 0 aromatic rings. The maximum absolute atomic E-state index is 15.5. The average Bonchev–Trinajstić information content (AvgIpc) is 1.91. The van der Waals surface area contributed by atoms with Crippen molar-refractivity contribution in [1.29, 1.82) is 0 Å². The minimum absolute atomic E-state index is 0.0237. The molecule has 5 saturated heterocycles.